The van der Waals surface area contributed by atoms with E-state index < -0.39 is 0 Å². The van der Waals surface area contributed by atoms with Crippen LogP contribution in [0.25, 0.3) is 0 Å². The molecule has 58 valence electrons. The minimum Gasteiger partial charge on any atom is -0.264 e. The summed E-state index contributed by atoms with van der Waals surface area (Å²) in [4.78, 5) is 3.86. The summed E-state index contributed by atoms with van der Waals surface area (Å²) in [6.07, 6.45) is 3.11. The zero-order chi connectivity index (χ0) is 8.97. The smallest absolute Gasteiger partial charge is 0.0996 e. The molecule has 0 spiro atoms. The van der Waals surface area contributed by atoms with Crippen LogP contribution in [0.3, 0.4) is 0 Å². The number of nitrogens with zero attached hydrogens (tertiary/aromatic N) is 3. The van der Waals surface area contributed by atoms with Gasteiger partial charge in [-0.05, 0) is 13.0 Å². The molecule has 0 bridgehead atoms. The summed E-state index contributed by atoms with van der Waals surface area (Å²) >= 11 is 0. The van der Waals surface area contributed by atoms with Gasteiger partial charge in [0.05, 0.1) is 23.6 Å². The lowest BCUT2D eigenvalue weighted by atomic mass is 10.0. The van der Waals surface area contributed by atoms with E-state index in [0.29, 0.717) is 11.1 Å². The normalized spacial score (nSPS) is 11.2. The van der Waals surface area contributed by atoms with E-state index in [2.05, 4.69) is 11.1 Å². The molecule has 0 aliphatic heterocycles. The molecule has 0 N–H and O–H groups in total. The zero-order valence-electron chi connectivity index (χ0n) is 6.65. The Hall–Kier alpha value is -1.87. The van der Waals surface area contributed by atoms with Crippen LogP contribution in [0.4, 0.5) is 0 Å². The number of hydrogen-bond donors (Lipinski definition) is 0. The largest absolute Gasteiger partial charge is 0.264 e. The van der Waals surface area contributed by atoms with Gasteiger partial charge in [-0.25, -0.2) is 0 Å². The Morgan fingerprint density at radius 3 is 2.83 bits per heavy atom. The summed E-state index contributed by atoms with van der Waals surface area (Å²) in [7, 11) is 0. The molecule has 1 rings (SSSR count). The summed E-state index contributed by atoms with van der Waals surface area (Å²) in [5, 5.41) is 17.3. The third-order valence-electron chi connectivity index (χ3n) is 1.63. The predicted octanol–water partition coefficient (Wildman–Crippen LogP) is 1.58. The highest BCUT2D eigenvalue weighted by Crippen LogP contribution is 2.16. The van der Waals surface area contributed by atoms with Crippen LogP contribution in [-0.2, 0) is 0 Å². The van der Waals surface area contributed by atoms with Gasteiger partial charge >= 0.3 is 0 Å². The van der Waals surface area contributed by atoms with Crippen molar-refractivity contribution in [2.24, 2.45) is 0 Å². The first kappa shape index (κ1) is 8.23. The molecule has 0 aromatic carbocycles. The molecule has 3 nitrogen and oxygen atoms in total. The number of rotatable bonds is 1. The van der Waals surface area contributed by atoms with Gasteiger partial charge in [0, 0.05) is 18.0 Å². The lowest BCUT2D eigenvalue weighted by molar-refractivity contribution is 0.960. The molecule has 0 saturated heterocycles. The molecule has 1 unspecified atom stereocenters. The predicted molar refractivity (Wildman–Crippen MR) is 43.0 cm³/mol. The van der Waals surface area contributed by atoms with Gasteiger partial charge in [0.15, 0.2) is 0 Å². The fraction of sp³-hybridized carbons (Fsp3) is 0.222. The van der Waals surface area contributed by atoms with Gasteiger partial charge in [0.2, 0.25) is 0 Å². The molecule has 1 aromatic heterocycles. The van der Waals surface area contributed by atoms with Crippen LogP contribution in [0.15, 0.2) is 18.5 Å². The van der Waals surface area contributed by atoms with E-state index in [9.17, 15) is 0 Å². The quantitative estimate of drug-likeness (QED) is 0.621. The minimum absolute atomic E-state index is 0.270. The molecule has 0 amide bonds. The third kappa shape index (κ3) is 1.41. The molecule has 1 atom stereocenters. The Balaban J connectivity index is 3.18. The van der Waals surface area contributed by atoms with Gasteiger partial charge in [0.25, 0.3) is 0 Å². The van der Waals surface area contributed by atoms with Gasteiger partial charge in [-0.1, -0.05) is 0 Å². The monoisotopic (exact) mass is 157 g/mol. The molecule has 0 fully saturated rings. The van der Waals surface area contributed by atoms with Crippen LogP contribution in [0.2, 0.25) is 0 Å². The van der Waals surface area contributed by atoms with Crippen LogP contribution < -0.4 is 0 Å². The van der Waals surface area contributed by atoms with Crippen molar-refractivity contribution in [3.05, 3.63) is 29.6 Å². The fourth-order valence-electron chi connectivity index (χ4n) is 0.923. The van der Waals surface area contributed by atoms with Crippen molar-refractivity contribution in [1.82, 2.24) is 4.98 Å². The summed E-state index contributed by atoms with van der Waals surface area (Å²) < 4.78 is 0. The van der Waals surface area contributed by atoms with Crippen molar-refractivity contribution in [2.45, 2.75) is 12.8 Å². The van der Waals surface area contributed by atoms with Crippen LogP contribution >= 0.6 is 0 Å². The first-order valence-electron chi connectivity index (χ1n) is 3.53. The molecule has 1 heterocycles. The van der Waals surface area contributed by atoms with Crippen molar-refractivity contribution in [1.29, 1.82) is 10.5 Å². The van der Waals surface area contributed by atoms with Crippen molar-refractivity contribution >= 4 is 0 Å². The van der Waals surface area contributed by atoms with Crippen molar-refractivity contribution in [3.63, 3.8) is 0 Å². The lowest BCUT2D eigenvalue weighted by Gasteiger charge is -2.02. The first-order chi connectivity index (χ1) is 5.79. The van der Waals surface area contributed by atoms with Gasteiger partial charge in [-0.2, -0.15) is 10.5 Å². The highest BCUT2D eigenvalue weighted by Gasteiger charge is 2.08. The Morgan fingerprint density at radius 2 is 2.25 bits per heavy atom. The van der Waals surface area contributed by atoms with Crippen molar-refractivity contribution in [2.75, 3.05) is 0 Å². The lowest BCUT2D eigenvalue weighted by Crippen LogP contribution is -1.94. The van der Waals surface area contributed by atoms with E-state index in [1.807, 2.05) is 6.07 Å². The Kier molecular flexibility index (Phi) is 2.40. The van der Waals surface area contributed by atoms with Crippen LogP contribution in [0, 0.1) is 22.7 Å². The molecule has 0 saturated carbocycles. The summed E-state index contributed by atoms with van der Waals surface area (Å²) in [5.41, 5.74) is 1.22. The minimum atomic E-state index is -0.270. The maximum absolute atomic E-state index is 8.68. The fourth-order valence-corrected chi connectivity index (χ4v) is 0.923. The van der Waals surface area contributed by atoms with E-state index in [1.54, 1.807) is 25.4 Å². The van der Waals surface area contributed by atoms with Crippen LogP contribution in [0.5, 0.6) is 0 Å². The van der Waals surface area contributed by atoms with Gasteiger partial charge < -0.3 is 0 Å². The second-order valence-electron chi connectivity index (χ2n) is 2.43. The first-order valence-corrected chi connectivity index (χ1v) is 3.53. The number of pyridine rings is 1. The Bertz CT molecular complexity index is 357. The molecule has 0 radical (unpaired) electrons. The number of aromatic nitrogens is 1. The molecule has 0 aliphatic rings. The van der Waals surface area contributed by atoms with Crippen LogP contribution in [0.1, 0.15) is 24.0 Å². The zero-order valence-corrected chi connectivity index (χ0v) is 6.65. The Morgan fingerprint density at radius 1 is 1.50 bits per heavy atom. The van der Waals surface area contributed by atoms with Crippen molar-refractivity contribution < 1.29 is 0 Å². The number of hydrogen-bond acceptors (Lipinski definition) is 3. The SMILES string of the molecule is CC(C#N)c1cnccc1C#N. The van der Waals surface area contributed by atoms with E-state index >= 15 is 0 Å². The number of nitriles is 2. The molecule has 1 aromatic rings. The maximum Gasteiger partial charge on any atom is 0.0996 e. The molecule has 3 heteroatoms. The van der Waals surface area contributed by atoms with E-state index in [1.165, 1.54) is 0 Å². The van der Waals surface area contributed by atoms with Crippen LogP contribution in [-0.4, -0.2) is 4.98 Å². The third-order valence-corrected chi connectivity index (χ3v) is 1.63. The summed E-state index contributed by atoms with van der Waals surface area (Å²) in [5.74, 6) is -0.270. The average molecular weight is 157 g/mol. The van der Waals surface area contributed by atoms with E-state index in [-0.39, 0.29) is 5.92 Å². The molecular formula is C9H7N3. The second-order valence-corrected chi connectivity index (χ2v) is 2.43. The molecule has 0 aliphatic carbocycles. The van der Waals surface area contributed by atoms with Crippen molar-refractivity contribution in [3.8, 4) is 12.1 Å². The van der Waals surface area contributed by atoms with E-state index in [4.69, 9.17) is 10.5 Å². The maximum atomic E-state index is 8.68. The summed E-state index contributed by atoms with van der Waals surface area (Å²) in [6, 6.07) is 5.70. The van der Waals surface area contributed by atoms with Gasteiger partial charge in [-0.3, -0.25) is 4.98 Å². The van der Waals surface area contributed by atoms with E-state index in [0.717, 1.165) is 0 Å². The second kappa shape index (κ2) is 3.50. The average Bonchev–Trinajstić information content (AvgIpc) is 2.16. The summed E-state index contributed by atoms with van der Waals surface area (Å²) in [6.45, 7) is 1.75. The topological polar surface area (TPSA) is 60.5 Å². The van der Waals surface area contributed by atoms with Gasteiger partial charge in [0.1, 0.15) is 0 Å². The van der Waals surface area contributed by atoms with Gasteiger partial charge in [-0.15, -0.1) is 0 Å². The standard InChI is InChI=1S/C9H7N3/c1-7(4-10)9-6-12-3-2-8(9)5-11/h2-3,6-7H,1H3. The Labute approximate surface area is 70.9 Å². The highest BCUT2D eigenvalue weighted by molar-refractivity contribution is 5.39. The molecule has 12 heavy (non-hydrogen) atoms. The highest BCUT2D eigenvalue weighted by atomic mass is 14.6. The molecular weight excluding hydrogens is 150 g/mol.